The highest BCUT2D eigenvalue weighted by Gasteiger charge is 2.09. The quantitative estimate of drug-likeness (QED) is 0.874. The van der Waals surface area contributed by atoms with Crippen LogP contribution < -0.4 is 14.8 Å². The van der Waals surface area contributed by atoms with Gasteiger partial charge in [-0.15, -0.1) is 0 Å². The lowest BCUT2D eigenvalue weighted by atomic mass is 10.1. The summed E-state index contributed by atoms with van der Waals surface area (Å²) in [6.45, 7) is 2.05. The molecule has 2 aromatic carbocycles. The van der Waals surface area contributed by atoms with Crippen molar-refractivity contribution in [1.29, 1.82) is 0 Å². The SMILES string of the molecule is COc1cccc(NC(C)c2ccc(O)c(OC)c2)c1. The summed E-state index contributed by atoms with van der Waals surface area (Å²) in [6, 6.07) is 13.2. The normalized spacial score (nSPS) is 11.8. The summed E-state index contributed by atoms with van der Waals surface area (Å²) in [5, 5.41) is 13.0. The van der Waals surface area contributed by atoms with E-state index < -0.39 is 0 Å². The van der Waals surface area contributed by atoms with Gasteiger partial charge in [-0.1, -0.05) is 12.1 Å². The van der Waals surface area contributed by atoms with Crippen LogP contribution in [0.25, 0.3) is 0 Å². The number of benzene rings is 2. The van der Waals surface area contributed by atoms with Crippen LogP contribution in [0.5, 0.6) is 17.2 Å². The molecule has 0 saturated heterocycles. The molecule has 4 nitrogen and oxygen atoms in total. The van der Waals surface area contributed by atoms with Crippen LogP contribution in [0.2, 0.25) is 0 Å². The zero-order chi connectivity index (χ0) is 14.5. The number of phenolic OH excluding ortho intramolecular Hbond substituents is 1. The van der Waals surface area contributed by atoms with Crippen molar-refractivity contribution in [2.45, 2.75) is 13.0 Å². The molecule has 2 rings (SSSR count). The molecule has 0 amide bonds. The second-order valence-corrected chi connectivity index (χ2v) is 4.53. The van der Waals surface area contributed by atoms with Crippen LogP contribution in [0.3, 0.4) is 0 Å². The van der Waals surface area contributed by atoms with Crippen molar-refractivity contribution in [2.75, 3.05) is 19.5 Å². The van der Waals surface area contributed by atoms with E-state index in [2.05, 4.69) is 5.32 Å². The molecular formula is C16H19NO3. The number of aromatic hydroxyl groups is 1. The van der Waals surface area contributed by atoms with Crippen LogP contribution in [0.4, 0.5) is 5.69 Å². The summed E-state index contributed by atoms with van der Waals surface area (Å²) >= 11 is 0. The monoisotopic (exact) mass is 273 g/mol. The first-order valence-electron chi connectivity index (χ1n) is 6.41. The van der Waals surface area contributed by atoms with E-state index in [0.29, 0.717) is 5.75 Å². The number of hydrogen-bond donors (Lipinski definition) is 2. The van der Waals surface area contributed by atoms with Gasteiger partial charge in [-0.3, -0.25) is 0 Å². The average molecular weight is 273 g/mol. The Labute approximate surface area is 119 Å². The molecule has 0 fully saturated rings. The van der Waals surface area contributed by atoms with Gasteiger partial charge in [0, 0.05) is 17.8 Å². The third-order valence-electron chi connectivity index (χ3n) is 3.16. The van der Waals surface area contributed by atoms with Crippen LogP contribution in [-0.2, 0) is 0 Å². The Hall–Kier alpha value is -2.36. The molecule has 2 aromatic rings. The van der Waals surface area contributed by atoms with Gasteiger partial charge in [-0.05, 0) is 36.8 Å². The van der Waals surface area contributed by atoms with E-state index in [1.165, 1.54) is 0 Å². The van der Waals surface area contributed by atoms with E-state index in [9.17, 15) is 5.11 Å². The lowest BCUT2D eigenvalue weighted by Crippen LogP contribution is -2.06. The number of ether oxygens (including phenoxy) is 2. The fourth-order valence-electron chi connectivity index (χ4n) is 2.01. The minimum absolute atomic E-state index is 0.0802. The molecule has 106 valence electrons. The molecule has 0 radical (unpaired) electrons. The molecular weight excluding hydrogens is 254 g/mol. The van der Waals surface area contributed by atoms with Gasteiger partial charge in [0.2, 0.25) is 0 Å². The van der Waals surface area contributed by atoms with Gasteiger partial charge >= 0.3 is 0 Å². The summed E-state index contributed by atoms with van der Waals surface area (Å²) in [6.07, 6.45) is 0. The van der Waals surface area contributed by atoms with Gasteiger partial charge in [0.05, 0.1) is 14.2 Å². The van der Waals surface area contributed by atoms with Gasteiger partial charge in [0.15, 0.2) is 11.5 Å². The Morgan fingerprint density at radius 2 is 1.85 bits per heavy atom. The van der Waals surface area contributed by atoms with Crippen LogP contribution in [-0.4, -0.2) is 19.3 Å². The molecule has 2 N–H and O–H groups in total. The van der Waals surface area contributed by atoms with Crippen LogP contribution in [0.15, 0.2) is 42.5 Å². The van der Waals surface area contributed by atoms with Crippen molar-refractivity contribution in [3.05, 3.63) is 48.0 Å². The molecule has 4 heteroatoms. The third kappa shape index (κ3) is 3.15. The number of rotatable bonds is 5. The van der Waals surface area contributed by atoms with E-state index in [1.807, 2.05) is 43.3 Å². The number of anilines is 1. The van der Waals surface area contributed by atoms with Gasteiger partial charge < -0.3 is 19.9 Å². The zero-order valence-corrected chi connectivity index (χ0v) is 11.9. The summed E-state index contributed by atoms with van der Waals surface area (Å²) in [4.78, 5) is 0. The fourth-order valence-corrected chi connectivity index (χ4v) is 2.01. The molecule has 1 atom stereocenters. The van der Waals surface area contributed by atoms with Gasteiger partial charge in [-0.2, -0.15) is 0 Å². The van der Waals surface area contributed by atoms with Gasteiger partial charge in [0.1, 0.15) is 5.75 Å². The Bertz CT molecular complexity index is 584. The number of nitrogens with one attached hydrogen (secondary N) is 1. The maximum atomic E-state index is 9.61. The van der Waals surface area contributed by atoms with Gasteiger partial charge in [-0.25, -0.2) is 0 Å². The molecule has 0 saturated carbocycles. The highest BCUT2D eigenvalue weighted by atomic mass is 16.5. The minimum Gasteiger partial charge on any atom is -0.504 e. The summed E-state index contributed by atoms with van der Waals surface area (Å²) in [7, 11) is 3.19. The zero-order valence-electron chi connectivity index (χ0n) is 11.9. The van der Waals surface area contributed by atoms with Crippen LogP contribution in [0.1, 0.15) is 18.5 Å². The Balaban J connectivity index is 2.16. The molecule has 0 spiro atoms. The van der Waals surface area contributed by atoms with Crippen LogP contribution >= 0.6 is 0 Å². The largest absolute Gasteiger partial charge is 0.504 e. The van der Waals surface area contributed by atoms with E-state index >= 15 is 0 Å². The smallest absolute Gasteiger partial charge is 0.160 e. The summed E-state index contributed by atoms with van der Waals surface area (Å²) in [5.74, 6) is 1.43. The molecule has 0 bridgehead atoms. The van der Waals surface area contributed by atoms with Crippen molar-refractivity contribution in [3.8, 4) is 17.2 Å². The Kier molecular flexibility index (Phi) is 4.35. The second-order valence-electron chi connectivity index (χ2n) is 4.53. The maximum Gasteiger partial charge on any atom is 0.160 e. The first kappa shape index (κ1) is 14.1. The van der Waals surface area contributed by atoms with Crippen molar-refractivity contribution in [2.24, 2.45) is 0 Å². The lowest BCUT2D eigenvalue weighted by molar-refractivity contribution is 0.373. The lowest BCUT2D eigenvalue weighted by Gasteiger charge is -2.17. The molecule has 0 aliphatic heterocycles. The Morgan fingerprint density at radius 1 is 1.05 bits per heavy atom. The first-order valence-corrected chi connectivity index (χ1v) is 6.41. The van der Waals surface area contributed by atoms with E-state index in [0.717, 1.165) is 17.0 Å². The predicted molar refractivity (Wildman–Crippen MR) is 79.7 cm³/mol. The molecule has 0 aliphatic carbocycles. The molecule has 20 heavy (non-hydrogen) atoms. The predicted octanol–water partition coefficient (Wildman–Crippen LogP) is 3.58. The molecule has 0 aromatic heterocycles. The van der Waals surface area contributed by atoms with Crippen molar-refractivity contribution < 1.29 is 14.6 Å². The van der Waals surface area contributed by atoms with Crippen molar-refractivity contribution >= 4 is 5.69 Å². The number of phenols is 1. The Morgan fingerprint density at radius 3 is 2.55 bits per heavy atom. The van der Waals surface area contributed by atoms with E-state index in [1.54, 1.807) is 20.3 Å². The maximum absolute atomic E-state index is 9.61. The van der Waals surface area contributed by atoms with E-state index in [4.69, 9.17) is 9.47 Å². The van der Waals surface area contributed by atoms with Crippen LogP contribution in [0, 0.1) is 0 Å². The standard InChI is InChI=1S/C16H19NO3/c1-11(12-7-8-15(18)16(9-12)20-3)17-13-5-4-6-14(10-13)19-2/h4-11,17-18H,1-3H3. The third-order valence-corrected chi connectivity index (χ3v) is 3.16. The highest BCUT2D eigenvalue weighted by Crippen LogP contribution is 2.30. The van der Waals surface area contributed by atoms with Crippen molar-refractivity contribution in [1.82, 2.24) is 0 Å². The summed E-state index contributed by atoms with van der Waals surface area (Å²) in [5.41, 5.74) is 2.01. The van der Waals surface area contributed by atoms with Gasteiger partial charge in [0.25, 0.3) is 0 Å². The second kappa shape index (κ2) is 6.19. The minimum atomic E-state index is 0.0802. The summed E-state index contributed by atoms with van der Waals surface area (Å²) < 4.78 is 10.3. The topological polar surface area (TPSA) is 50.7 Å². The van der Waals surface area contributed by atoms with Crippen molar-refractivity contribution in [3.63, 3.8) is 0 Å². The average Bonchev–Trinajstić information content (AvgIpc) is 2.47. The molecule has 0 aliphatic rings. The highest BCUT2D eigenvalue weighted by molar-refractivity contribution is 5.51. The number of methoxy groups -OCH3 is 2. The van der Waals surface area contributed by atoms with E-state index in [-0.39, 0.29) is 11.8 Å². The molecule has 1 unspecified atom stereocenters. The fraction of sp³-hybridized carbons (Fsp3) is 0.250. The number of hydrogen-bond acceptors (Lipinski definition) is 4. The first-order chi connectivity index (χ1) is 9.63. The molecule has 0 heterocycles.